The van der Waals surface area contributed by atoms with Crippen LogP contribution in [0, 0.1) is 13.0 Å². The van der Waals surface area contributed by atoms with E-state index in [9.17, 15) is 5.11 Å². The van der Waals surface area contributed by atoms with Crippen LogP contribution in [0.5, 0.6) is 0 Å². The van der Waals surface area contributed by atoms with Crippen LogP contribution in [0.25, 0.3) is 0 Å². The number of aliphatic hydroxyl groups excluding tert-OH is 1. The fraction of sp³-hybridized carbons (Fsp3) is 0.929. The molecule has 1 atom stereocenters. The topological polar surface area (TPSA) is 41.9 Å². The van der Waals surface area contributed by atoms with Gasteiger partial charge in [0.05, 0.1) is 20.3 Å². The summed E-state index contributed by atoms with van der Waals surface area (Å²) < 4.78 is 10.1. The van der Waals surface area contributed by atoms with Crippen molar-refractivity contribution in [2.45, 2.75) is 32.1 Å². The summed E-state index contributed by atoms with van der Waals surface area (Å²) in [5, 5.41) is 9.21. The summed E-state index contributed by atoms with van der Waals surface area (Å²) in [5.41, 5.74) is 0. The second-order valence-electron chi connectivity index (χ2n) is 5.05. The second kappa shape index (κ2) is 10.7. The predicted octanol–water partition coefficient (Wildman–Crippen LogP) is 1.69. The molecule has 18 heavy (non-hydrogen) atoms. The first-order chi connectivity index (χ1) is 8.86. The van der Waals surface area contributed by atoms with Gasteiger partial charge in [-0.3, -0.25) is 4.90 Å². The lowest BCUT2D eigenvalue weighted by Gasteiger charge is -2.26. The van der Waals surface area contributed by atoms with Gasteiger partial charge in [0.15, 0.2) is 0 Å². The molecule has 1 aliphatic heterocycles. The SMILES string of the molecule is [CH2]OCC[C@H](CO)CCCCCN1CCOCC1. The highest BCUT2D eigenvalue weighted by Crippen LogP contribution is 2.13. The highest BCUT2D eigenvalue weighted by Gasteiger charge is 2.10. The number of rotatable bonds is 10. The van der Waals surface area contributed by atoms with Crippen LogP contribution >= 0.6 is 0 Å². The molecule has 0 aromatic carbocycles. The molecule has 1 saturated heterocycles. The lowest BCUT2D eigenvalue weighted by Crippen LogP contribution is -2.36. The lowest BCUT2D eigenvalue weighted by molar-refractivity contribution is 0.0370. The highest BCUT2D eigenvalue weighted by atomic mass is 16.5. The number of hydrogen-bond donors (Lipinski definition) is 1. The fourth-order valence-corrected chi connectivity index (χ4v) is 2.35. The maximum Gasteiger partial charge on any atom is 0.0700 e. The standard InChI is InChI=1S/C14H28NO3/c1-17-10-6-14(13-16)5-3-2-4-7-15-8-11-18-12-9-15/h14,16H,1-13H2/t14-/m1/s1. The Balaban J connectivity index is 1.93. The number of aliphatic hydroxyl groups is 1. The molecule has 0 amide bonds. The summed E-state index contributed by atoms with van der Waals surface area (Å²) in [6, 6.07) is 0. The van der Waals surface area contributed by atoms with Crippen molar-refractivity contribution in [3.8, 4) is 0 Å². The average Bonchev–Trinajstić information content (AvgIpc) is 2.43. The molecule has 0 aromatic rings. The number of hydrogen-bond acceptors (Lipinski definition) is 4. The Hall–Kier alpha value is -0.160. The summed E-state index contributed by atoms with van der Waals surface area (Å²) in [6.45, 7) is 6.05. The molecule has 4 heteroatoms. The van der Waals surface area contributed by atoms with Crippen LogP contribution in [0.2, 0.25) is 0 Å². The third kappa shape index (κ3) is 7.31. The Kier molecular flexibility index (Phi) is 9.48. The van der Waals surface area contributed by atoms with Gasteiger partial charge in [-0.05, 0) is 31.7 Å². The van der Waals surface area contributed by atoms with E-state index in [2.05, 4.69) is 12.0 Å². The van der Waals surface area contributed by atoms with Gasteiger partial charge in [0.2, 0.25) is 0 Å². The van der Waals surface area contributed by atoms with Crippen LogP contribution in [0.3, 0.4) is 0 Å². The Bertz CT molecular complexity index is 184. The largest absolute Gasteiger partial charge is 0.396 e. The van der Waals surface area contributed by atoms with Crippen LogP contribution in [0.1, 0.15) is 32.1 Å². The molecule has 0 bridgehead atoms. The summed E-state index contributed by atoms with van der Waals surface area (Å²) in [5.74, 6) is 0.384. The van der Waals surface area contributed by atoms with Gasteiger partial charge in [-0.2, -0.15) is 0 Å². The molecule has 0 spiro atoms. The summed E-state index contributed by atoms with van der Waals surface area (Å²) in [6.07, 6.45) is 5.72. The third-order valence-corrected chi connectivity index (χ3v) is 3.62. The van der Waals surface area contributed by atoms with E-state index in [1.807, 2.05) is 0 Å². The minimum atomic E-state index is 0.271. The van der Waals surface area contributed by atoms with E-state index in [0.717, 1.165) is 39.1 Å². The zero-order valence-electron chi connectivity index (χ0n) is 11.5. The van der Waals surface area contributed by atoms with Crippen LogP contribution < -0.4 is 0 Å². The van der Waals surface area contributed by atoms with Gasteiger partial charge >= 0.3 is 0 Å². The van der Waals surface area contributed by atoms with E-state index in [0.29, 0.717) is 12.5 Å². The lowest BCUT2D eigenvalue weighted by atomic mass is 9.99. The monoisotopic (exact) mass is 258 g/mol. The van der Waals surface area contributed by atoms with Gasteiger partial charge in [0.1, 0.15) is 0 Å². The normalized spacial score (nSPS) is 19.0. The average molecular weight is 258 g/mol. The van der Waals surface area contributed by atoms with E-state index >= 15 is 0 Å². The molecule has 107 valence electrons. The predicted molar refractivity (Wildman–Crippen MR) is 72.2 cm³/mol. The van der Waals surface area contributed by atoms with Crippen molar-refractivity contribution in [3.05, 3.63) is 7.11 Å². The Labute approximate surface area is 111 Å². The van der Waals surface area contributed by atoms with E-state index in [4.69, 9.17) is 9.47 Å². The van der Waals surface area contributed by atoms with Crippen molar-refractivity contribution < 1.29 is 14.6 Å². The number of ether oxygens (including phenoxy) is 2. The minimum absolute atomic E-state index is 0.271. The van der Waals surface area contributed by atoms with Crippen molar-refractivity contribution in [2.24, 2.45) is 5.92 Å². The Morgan fingerprint density at radius 2 is 1.94 bits per heavy atom. The van der Waals surface area contributed by atoms with Crippen molar-refractivity contribution in [3.63, 3.8) is 0 Å². The quantitative estimate of drug-likeness (QED) is 0.605. The number of unbranched alkanes of at least 4 members (excludes halogenated alkanes) is 2. The molecule has 1 heterocycles. The van der Waals surface area contributed by atoms with E-state index in [-0.39, 0.29) is 6.61 Å². The molecule has 0 aliphatic carbocycles. The molecule has 0 unspecified atom stereocenters. The molecule has 0 saturated carbocycles. The minimum Gasteiger partial charge on any atom is -0.396 e. The molecular formula is C14H28NO3. The van der Waals surface area contributed by atoms with E-state index in [1.54, 1.807) is 0 Å². The third-order valence-electron chi connectivity index (χ3n) is 3.62. The molecule has 1 radical (unpaired) electrons. The second-order valence-corrected chi connectivity index (χ2v) is 5.05. The van der Waals surface area contributed by atoms with Crippen molar-refractivity contribution >= 4 is 0 Å². The fourth-order valence-electron chi connectivity index (χ4n) is 2.35. The van der Waals surface area contributed by atoms with Crippen molar-refractivity contribution in [2.75, 3.05) is 46.1 Å². The number of nitrogens with zero attached hydrogens (tertiary/aromatic N) is 1. The molecule has 1 fully saturated rings. The Morgan fingerprint density at radius 1 is 1.17 bits per heavy atom. The van der Waals surface area contributed by atoms with Gasteiger partial charge in [0, 0.05) is 26.3 Å². The van der Waals surface area contributed by atoms with Gasteiger partial charge in [-0.1, -0.05) is 12.8 Å². The van der Waals surface area contributed by atoms with Gasteiger partial charge in [-0.25, -0.2) is 0 Å². The maximum absolute atomic E-state index is 9.21. The summed E-state index contributed by atoms with van der Waals surface area (Å²) in [7, 11) is 3.36. The van der Waals surface area contributed by atoms with Gasteiger partial charge in [0.25, 0.3) is 0 Å². The summed E-state index contributed by atoms with van der Waals surface area (Å²) in [4.78, 5) is 2.48. The molecule has 1 N–H and O–H groups in total. The van der Waals surface area contributed by atoms with Gasteiger partial charge in [-0.15, -0.1) is 0 Å². The maximum atomic E-state index is 9.21. The molecule has 4 nitrogen and oxygen atoms in total. The summed E-state index contributed by atoms with van der Waals surface area (Å²) >= 11 is 0. The molecular weight excluding hydrogens is 230 g/mol. The van der Waals surface area contributed by atoms with Crippen LogP contribution in [-0.2, 0) is 9.47 Å². The first kappa shape index (κ1) is 15.9. The van der Waals surface area contributed by atoms with Gasteiger partial charge < -0.3 is 14.6 Å². The Morgan fingerprint density at radius 3 is 2.61 bits per heavy atom. The highest BCUT2D eigenvalue weighted by molar-refractivity contribution is 4.63. The molecule has 0 aromatic heterocycles. The van der Waals surface area contributed by atoms with Crippen LogP contribution in [0.4, 0.5) is 0 Å². The number of morpholine rings is 1. The first-order valence-corrected chi connectivity index (χ1v) is 7.14. The van der Waals surface area contributed by atoms with Crippen LogP contribution in [0.15, 0.2) is 0 Å². The molecule has 1 aliphatic rings. The van der Waals surface area contributed by atoms with Crippen LogP contribution in [-0.4, -0.2) is 56.1 Å². The first-order valence-electron chi connectivity index (χ1n) is 7.14. The zero-order valence-corrected chi connectivity index (χ0v) is 11.5. The van der Waals surface area contributed by atoms with Crippen molar-refractivity contribution in [1.82, 2.24) is 4.90 Å². The smallest absolute Gasteiger partial charge is 0.0700 e. The molecule has 1 rings (SSSR count). The van der Waals surface area contributed by atoms with Crippen molar-refractivity contribution in [1.29, 1.82) is 0 Å². The van der Waals surface area contributed by atoms with E-state index < -0.39 is 0 Å². The zero-order chi connectivity index (χ0) is 13.1. The van der Waals surface area contributed by atoms with E-state index in [1.165, 1.54) is 25.8 Å².